The lowest BCUT2D eigenvalue weighted by atomic mass is 10.1. The fourth-order valence-corrected chi connectivity index (χ4v) is 3.66. The highest BCUT2D eigenvalue weighted by Gasteiger charge is 2.17. The van der Waals surface area contributed by atoms with Crippen LogP contribution in [0.4, 0.5) is 25.1 Å². The average Bonchev–Trinajstić information content (AvgIpc) is 2.86. The second-order valence-corrected chi connectivity index (χ2v) is 7.76. The molecule has 1 atom stereocenters. The van der Waals surface area contributed by atoms with Crippen molar-refractivity contribution in [3.05, 3.63) is 89.8 Å². The maximum atomic E-state index is 13.5. The van der Waals surface area contributed by atoms with Gasteiger partial charge in [-0.1, -0.05) is 18.2 Å². The summed E-state index contributed by atoms with van der Waals surface area (Å²) in [6.45, 7) is 0.490. The van der Waals surface area contributed by atoms with Gasteiger partial charge < -0.3 is 26.4 Å². The lowest BCUT2D eigenvalue weighted by Crippen LogP contribution is -2.24. The van der Waals surface area contributed by atoms with Gasteiger partial charge in [0.25, 0.3) is 5.91 Å². The molecule has 0 saturated heterocycles. The topological polar surface area (TPSA) is 131 Å². The van der Waals surface area contributed by atoms with Crippen molar-refractivity contribution in [1.82, 2.24) is 15.3 Å². The van der Waals surface area contributed by atoms with Gasteiger partial charge in [0, 0.05) is 23.2 Å². The van der Waals surface area contributed by atoms with Crippen LogP contribution in [0.15, 0.2) is 67.0 Å². The van der Waals surface area contributed by atoms with E-state index in [1.165, 1.54) is 12.4 Å². The van der Waals surface area contributed by atoms with Crippen LogP contribution >= 0.6 is 0 Å². The van der Waals surface area contributed by atoms with Gasteiger partial charge in [-0.2, -0.15) is 0 Å². The van der Waals surface area contributed by atoms with E-state index in [2.05, 4.69) is 25.9 Å². The standard InChI is InChI=1S/C25H22F2N6O3/c1-29-12-20(33-23-17-6-3-7-21(36-25(28)35)22(17)30-13-31-23)14-4-2-5-16(10-14)32-24(34)15-8-9-18(26)19(27)11-15/h2-11,13,20,29H,12H2,1H3,(H2,28,35)(H,32,34)(H,30,31,33). The SMILES string of the molecule is CNCC(Nc1ncnc2c(OC(N)=O)cccc12)c1cccc(NC(=O)c2ccc(F)c(F)c2)c1. The lowest BCUT2D eigenvalue weighted by molar-refractivity contribution is 0.102. The minimum Gasteiger partial charge on any atom is -0.408 e. The van der Waals surface area contributed by atoms with Gasteiger partial charge in [-0.3, -0.25) is 4.79 Å². The number of nitrogens with zero attached hydrogens (tertiary/aromatic N) is 2. The molecular formula is C25H22F2N6O3. The Morgan fingerprint density at radius 1 is 1.03 bits per heavy atom. The van der Waals surface area contributed by atoms with Crippen molar-refractivity contribution in [2.24, 2.45) is 5.73 Å². The molecule has 1 unspecified atom stereocenters. The van der Waals surface area contributed by atoms with Gasteiger partial charge in [0.05, 0.1) is 6.04 Å². The molecule has 5 N–H and O–H groups in total. The fourth-order valence-electron chi connectivity index (χ4n) is 3.66. The number of amides is 2. The Balaban J connectivity index is 1.60. The largest absolute Gasteiger partial charge is 0.410 e. The second kappa shape index (κ2) is 10.7. The number of likely N-dealkylation sites (N-methyl/N-ethyl adjacent to an activating group) is 1. The number of anilines is 2. The Kier molecular flexibility index (Phi) is 7.31. The summed E-state index contributed by atoms with van der Waals surface area (Å²) >= 11 is 0. The third-order valence-electron chi connectivity index (χ3n) is 5.29. The molecule has 3 aromatic carbocycles. The number of carbonyl (C=O) groups excluding carboxylic acids is 2. The zero-order chi connectivity index (χ0) is 25.7. The summed E-state index contributed by atoms with van der Waals surface area (Å²) in [6, 6.07) is 14.8. The number of ether oxygens (including phenoxy) is 1. The Bertz CT molecular complexity index is 1430. The Morgan fingerprint density at radius 2 is 1.83 bits per heavy atom. The number of nitrogens with two attached hydrogens (primary N) is 1. The molecule has 4 rings (SSSR count). The second-order valence-electron chi connectivity index (χ2n) is 7.76. The third kappa shape index (κ3) is 5.53. The summed E-state index contributed by atoms with van der Waals surface area (Å²) in [5.74, 6) is -2.01. The maximum Gasteiger partial charge on any atom is 0.410 e. The number of rotatable bonds is 8. The van der Waals surface area contributed by atoms with Gasteiger partial charge in [-0.25, -0.2) is 23.5 Å². The summed E-state index contributed by atoms with van der Waals surface area (Å²) < 4.78 is 31.8. The van der Waals surface area contributed by atoms with Crippen molar-refractivity contribution in [3.8, 4) is 5.75 Å². The number of para-hydroxylation sites is 1. The van der Waals surface area contributed by atoms with E-state index in [1.54, 1.807) is 43.4 Å². The first-order chi connectivity index (χ1) is 17.4. The number of aromatic nitrogens is 2. The Hall–Kier alpha value is -4.64. The number of primary amides is 1. The van der Waals surface area contributed by atoms with Crippen LogP contribution in [0.25, 0.3) is 10.9 Å². The van der Waals surface area contributed by atoms with E-state index < -0.39 is 23.6 Å². The van der Waals surface area contributed by atoms with E-state index >= 15 is 0 Å². The molecule has 2 amide bonds. The van der Waals surface area contributed by atoms with Crippen molar-refractivity contribution in [2.45, 2.75) is 6.04 Å². The first-order valence-corrected chi connectivity index (χ1v) is 10.8. The van der Waals surface area contributed by atoms with Crippen LogP contribution < -0.4 is 26.4 Å². The zero-order valence-electron chi connectivity index (χ0n) is 19.1. The van der Waals surface area contributed by atoms with Crippen LogP contribution in [-0.4, -0.2) is 35.6 Å². The lowest BCUT2D eigenvalue weighted by Gasteiger charge is -2.21. The molecule has 184 valence electrons. The Morgan fingerprint density at radius 3 is 2.58 bits per heavy atom. The van der Waals surface area contributed by atoms with Crippen LogP contribution in [0.1, 0.15) is 22.0 Å². The molecular weight excluding hydrogens is 470 g/mol. The third-order valence-corrected chi connectivity index (χ3v) is 5.29. The minimum absolute atomic E-state index is 0.00866. The first-order valence-electron chi connectivity index (χ1n) is 10.8. The fraction of sp³-hybridized carbons (Fsp3) is 0.120. The van der Waals surface area contributed by atoms with E-state index in [-0.39, 0.29) is 17.4 Å². The summed E-state index contributed by atoms with van der Waals surface area (Å²) in [5.41, 5.74) is 6.83. The van der Waals surface area contributed by atoms with E-state index in [4.69, 9.17) is 10.5 Å². The minimum atomic E-state index is -1.10. The molecule has 0 bridgehead atoms. The van der Waals surface area contributed by atoms with Crippen LogP contribution in [0, 0.1) is 11.6 Å². The number of hydrogen-bond donors (Lipinski definition) is 4. The molecule has 0 spiro atoms. The highest BCUT2D eigenvalue weighted by molar-refractivity contribution is 6.04. The summed E-state index contributed by atoms with van der Waals surface area (Å²) in [5, 5.41) is 9.78. The quantitative estimate of drug-likeness (QED) is 0.292. The van der Waals surface area contributed by atoms with Crippen molar-refractivity contribution < 1.29 is 23.1 Å². The highest BCUT2D eigenvalue weighted by Crippen LogP contribution is 2.30. The molecule has 0 aliphatic rings. The molecule has 0 aliphatic carbocycles. The number of hydrogen-bond acceptors (Lipinski definition) is 7. The average molecular weight is 492 g/mol. The zero-order valence-corrected chi connectivity index (χ0v) is 19.1. The molecule has 0 aliphatic heterocycles. The van der Waals surface area contributed by atoms with E-state index in [0.29, 0.717) is 29.0 Å². The van der Waals surface area contributed by atoms with Crippen molar-refractivity contribution in [3.63, 3.8) is 0 Å². The summed E-state index contributed by atoms with van der Waals surface area (Å²) in [4.78, 5) is 32.3. The molecule has 36 heavy (non-hydrogen) atoms. The molecule has 4 aromatic rings. The monoisotopic (exact) mass is 492 g/mol. The van der Waals surface area contributed by atoms with Crippen LogP contribution in [-0.2, 0) is 0 Å². The smallest absolute Gasteiger partial charge is 0.408 e. The van der Waals surface area contributed by atoms with Gasteiger partial charge in [0.1, 0.15) is 17.7 Å². The number of nitrogens with one attached hydrogen (secondary N) is 3. The van der Waals surface area contributed by atoms with Gasteiger partial charge >= 0.3 is 6.09 Å². The van der Waals surface area contributed by atoms with Crippen molar-refractivity contribution in [1.29, 1.82) is 0 Å². The summed E-state index contributed by atoms with van der Waals surface area (Å²) in [6.07, 6.45) is 0.388. The molecule has 11 heteroatoms. The number of carbonyl (C=O) groups is 2. The van der Waals surface area contributed by atoms with Crippen LogP contribution in [0.5, 0.6) is 5.75 Å². The first kappa shape index (κ1) is 24.5. The van der Waals surface area contributed by atoms with E-state index in [9.17, 15) is 18.4 Å². The normalized spacial score (nSPS) is 11.6. The molecule has 0 fully saturated rings. The molecule has 0 saturated carbocycles. The maximum absolute atomic E-state index is 13.5. The highest BCUT2D eigenvalue weighted by atomic mass is 19.2. The van der Waals surface area contributed by atoms with Crippen LogP contribution in [0.3, 0.4) is 0 Å². The number of benzene rings is 3. The van der Waals surface area contributed by atoms with Gasteiger partial charge in [-0.05, 0) is 55.1 Å². The Labute approximate surface area is 204 Å². The molecule has 1 heterocycles. The van der Waals surface area contributed by atoms with Crippen molar-refractivity contribution >= 4 is 34.4 Å². The summed E-state index contributed by atoms with van der Waals surface area (Å²) in [7, 11) is 1.79. The molecule has 1 aromatic heterocycles. The number of fused-ring (bicyclic) bond motifs is 1. The van der Waals surface area contributed by atoms with Gasteiger partial charge in [0.2, 0.25) is 0 Å². The predicted octanol–water partition coefficient (Wildman–Crippen LogP) is 3.99. The predicted molar refractivity (Wildman–Crippen MR) is 131 cm³/mol. The van der Waals surface area contributed by atoms with Gasteiger partial charge in [0.15, 0.2) is 17.4 Å². The van der Waals surface area contributed by atoms with E-state index in [0.717, 1.165) is 17.7 Å². The van der Waals surface area contributed by atoms with Crippen molar-refractivity contribution in [2.75, 3.05) is 24.2 Å². The van der Waals surface area contributed by atoms with Gasteiger partial charge in [-0.15, -0.1) is 0 Å². The van der Waals surface area contributed by atoms with E-state index in [1.807, 2.05) is 6.07 Å². The molecule has 0 radical (unpaired) electrons. The van der Waals surface area contributed by atoms with Crippen LogP contribution in [0.2, 0.25) is 0 Å². The number of halogens is 2. The molecule has 9 nitrogen and oxygen atoms in total.